The number of rotatable bonds is 5. The van der Waals surface area contributed by atoms with Crippen LogP contribution >= 0.6 is 0 Å². The first-order valence-electron chi connectivity index (χ1n) is 6.85. The fourth-order valence-electron chi connectivity index (χ4n) is 2.54. The fraction of sp³-hybridized carbons (Fsp3) is 0.923. The van der Waals surface area contributed by atoms with E-state index >= 15 is 0 Å². The van der Waals surface area contributed by atoms with Crippen LogP contribution in [0.15, 0.2) is 0 Å². The lowest BCUT2D eigenvalue weighted by Gasteiger charge is -2.32. The van der Waals surface area contributed by atoms with Crippen molar-refractivity contribution in [2.24, 2.45) is 0 Å². The molecule has 4 heteroatoms. The van der Waals surface area contributed by atoms with Crippen LogP contribution in [0, 0.1) is 0 Å². The quantitative estimate of drug-likeness (QED) is 0.766. The molecule has 1 amide bonds. The number of amides is 1. The number of hydrogen-bond acceptors (Lipinski definition) is 3. The SMILES string of the molecule is CN1CCCCC1CNCC(=O)N(C)C1CC1. The molecule has 98 valence electrons. The lowest BCUT2D eigenvalue weighted by atomic mass is 10.0. The maximum Gasteiger partial charge on any atom is 0.236 e. The Morgan fingerprint density at radius 2 is 2.12 bits per heavy atom. The van der Waals surface area contributed by atoms with Crippen molar-refractivity contribution < 1.29 is 4.79 Å². The summed E-state index contributed by atoms with van der Waals surface area (Å²) >= 11 is 0. The topological polar surface area (TPSA) is 35.6 Å². The smallest absolute Gasteiger partial charge is 0.236 e. The summed E-state index contributed by atoms with van der Waals surface area (Å²) in [6.07, 6.45) is 6.28. The van der Waals surface area contributed by atoms with E-state index in [-0.39, 0.29) is 5.91 Å². The number of nitrogens with one attached hydrogen (secondary N) is 1. The third-order valence-electron chi connectivity index (χ3n) is 4.07. The average molecular weight is 239 g/mol. The van der Waals surface area contributed by atoms with Gasteiger partial charge in [-0.1, -0.05) is 6.42 Å². The largest absolute Gasteiger partial charge is 0.342 e. The molecule has 2 aliphatic rings. The highest BCUT2D eigenvalue weighted by Crippen LogP contribution is 2.25. The molecule has 0 aromatic heterocycles. The molecule has 1 aliphatic heterocycles. The first-order valence-corrected chi connectivity index (χ1v) is 6.85. The van der Waals surface area contributed by atoms with Crippen molar-refractivity contribution in [1.82, 2.24) is 15.1 Å². The Bertz CT molecular complexity index is 265. The van der Waals surface area contributed by atoms with Crippen molar-refractivity contribution in [3.05, 3.63) is 0 Å². The number of nitrogens with zero attached hydrogens (tertiary/aromatic N) is 2. The molecule has 0 spiro atoms. The molecule has 1 N–H and O–H groups in total. The van der Waals surface area contributed by atoms with E-state index in [1.807, 2.05) is 11.9 Å². The summed E-state index contributed by atoms with van der Waals surface area (Å²) < 4.78 is 0. The number of piperidine rings is 1. The second-order valence-electron chi connectivity index (χ2n) is 5.50. The minimum atomic E-state index is 0.242. The number of carbonyl (C=O) groups excluding carboxylic acids is 1. The van der Waals surface area contributed by atoms with Crippen LogP contribution < -0.4 is 5.32 Å². The second-order valence-corrected chi connectivity index (χ2v) is 5.50. The van der Waals surface area contributed by atoms with Crippen LogP contribution in [0.3, 0.4) is 0 Å². The van der Waals surface area contributed by atoms with Gasteiger partial charge in [0.15, 0.2) is 0 Å². The van der Waals surface area contributed by atoms with E-state index in [1.54, 1.807) is 0 Å². The van der Waals surface area contributed by atoms with Gasteiger partial charge in [0, 0.05) is 25.7 Å². The summed E-state index contributed by atoms with van der Waals surface area (Å²) in [6.45, 7) is 2.64. The molecule has 4 nitrogen and oxygen atoms in total. The van der Waals surface area contributed by atoms with Crippen molar-refractivity contribution in [3.63, 3.8) is 0 Å². The molecule has 1 saturated heterocycles. The highest BCUT2D eigenvalue weighted by Gasteiger charge is 2.29. The predicted octanol–water partition coefficient (Wildman–Crippen LogP) is 0.681. The predicted molar refractivity (Wildman–Crippen MR) is 68.9 cm³/mol. The van der Waals surface area contributed by atoms with Gasteiger partial charge in [0.2, 0.25) is 5.91 Å². The third-order valence-corrected chi connectivity index (χ3v) is 4.07. The molecular formula is C13H25N3O. The van der Waals surface area contributed by atoms with Gasteiger partial charge in [0.1, 0.15) is 0 Å². The van der Waals surface area contributed by atoms with Gasteiger partial charge in [0.05, 0.1) is 6.54 Å². The van der Waals surface area contributed by atoms with Gasteiger partial charge >= 0.3 is 0 Å². The molecule has 1 saturated carbocycles. The summed E-state index contributed by atoms with van der Waals surface area (Å²) in [4.78, 5) is 16.1. The van der Waals surface area contributed by atoms with Gasteiger partial charge in [-0.2, -0.15) is 0 Å². The highest BCUT2D eigenvalue weighted by molar-refractivity contribution is 5.78. The summed E-state index contributed by atoms with van der Waals surface area (Å²) in [5, 5.41) is 3.32. The van der Waals surface area contributed by atoms with Crippen LogP contribution in [-0.4, -0.2) is 61.5 Å². The first kappa shape index (κ1) is 12.8. The Balaban J connectivity index is 1.62. The Morgan fingerprint density at radius 3 is 2.76 bits per heavy atom. The maximum absolute atomic E-state index is 11.8. The van der Waals surface area contributed by atoms with E-state index in [0.29, 0.717) is 18.6 Å². The summed E-state index contributed by atoms with van der Waals surface area (Å²) in [5.74, 6) is 0.242. The molecule has 17 heavy (non-hydrogen) atoms. The zero-order chi connectivity index (χ0) is 12.3. The summed E-state index contributed by atoms with van der Waals surface area (Å²) in [7, 11) is 4.11. The lowest BCUT2D eigenvalue weighted by molar-refractivity contribution is -0.129. The molecule has 1 unspecified atom stereocenters. The van der Waals surface area contributed by atoms with Gasteiger partial charge in [0.25, 0.3) is 0 Å². The van der Waals surface area contributed by atoms with Crippen LogP contribution in [0.1, 0.15) is 32.1 Å². The number of hydrogen-bond donors (Lipinski definition) is 1. The van der Waals surface area contributed by atoms with Crippen molar-refractivity contribution in [2.75, 3.05) is 33.7 Å². The minimum Gasteiger partial charge on any atom is -0.342 e. The molecule has 1 aliphatic carbocycles. The molecule has 0 aromatic carbocycles. The zero-order valence-corrected chi connectivity index (χ0v) is 11.1. The van der Waals surface area contributed by atoms with E-state index in [0.717, 1.165) is 6.54 Å². The van der Waals surface area contributed by atoms with Gasteiger partial charge in [-0.25, -0.2) is 0 Å². The van der Waals surface area contributed by atoms with Gasteiger partial charge in [-0.15, -0.1) is 0 Å². The normalized spacial score (nSPS) is 25.9. The van der Waals surface area contributed by atoms with Gasteiger partial charge in [-0.3, -0.25) is 4.79 Å². The highest BCUT2D eigenvalue weighted by atomic mass is 16.2. The van der Waals surface area contributed by atoms with Crippen molar-refractivity contribution in [3.8, 4) is 0 Å². The van der Waals surface area contributed by atoms with Crippen LogP contribution in [0.4, 0.5) is 0 Å². The lowest BCUT2D eigenvalue weighted by Crippen LogP contribution is -2.45. The molecule has 2 rings (SSSR count). The van der Waals surface area contributed by atoms with Crippen LogP contribution in [0.2, 0.25) is 0 Å². The van der Waals surface area contributed by atoms with Crippen molar-refractivity contribution in [1.29, 1.82) is 0 Å². The Morgan fingerprint density at radius 1 is 1.35 bits per heavy atom. The maximum atomic E-state index is 11.8. The van der Waals surface area contributed by atoms with E-state index in [9.17, 15) is 4.79 Å². The van der Waals surface area contributed by atoms with Gasteiger partial charge < -0.3 is 15.1 Å². The van der Waals surface area contributed by atoms with Crippen LogP contribution in [-0.2, 0) is 4.79 Å². The molecular weight excluding hydrogens is 214 g/mol. The molecule has 1 atom stereocenters. The van der Waals surface area contributed by atoms with Crippen LogP contribution in [0.5, 0.6) is 0 Å². The van der Waals surface area contributed by atoms with E-state index in [2.05, 4.69) is 17.3 Å². The number of likely N-dealkylation sites (tertiary alicyclic amines) is 1. The second kappa shape index (κ2) is 5.83. The molecule has 0 aromatic rings. The van der Waals surface area contributed by atoms with Gasteiger partial charge in [-0.05, 0) is 39.3 Å². The standard InChI is InChI=1S/C13H25N3O/c1-15-8-4-3-5-12(15)9-14-10-13(17)16(2)11-6-7-11/h11-12,14H,3-10H2,1-2H3. The van der Waals surface area contributed by atoms with E-state index in [1.165, 1.54) is 38.6 Å². The number of likely N-dealkylation sites (N-methyl/N-ethyl adjacent to an activating group) is 2. The van der Waals surface area contributed by atoms with Crippen LogP contribution in [0.25, 0.3) is 0 Å². The Hall–Kier alpha value is -0.610. The molecule has 2 fully saturated rings. The average Bonchev–Trinajstić information content (AvgIpc) is 3.14. The number of carbonyl (C=O) groups is 1. The van der Waals surface area contributed by atoms with Crippen molar-refractivity contribution in [2.45, 2.75) is 44.2 Å². The van der Waals surface area contributed by atoms with E-state index in [4.69, 9.17) is 0 Å². The Labute approximate surface area is 104 Å². The van der Waals surface area contributed by atoms with E-state index < -0.39 is 0 Å². The fourth-order valence-corrected chi connectivity index (χ4v) is 2.54. The molecule has 0 radical (unpaired) electrons. The minimum absolute atomic E-state index is 0.242. The summed E-state index contributed by atoms with van der Waals surface area (Å²) in [6, 6.07) is 1.14. The monoisotopic (exact) mass is 239 g/mol. The Kier molecular flexibility index (Phi) is 4.40. The van der Waals surface area contributed by atoms with Crippen molar-refractivity contribution >= 4 is 5.91 Å². The third kappa shape index (κ3) is 3.68. The molecule has 0 bridgehead atoms. The zero-order valence-electron chi connectivity index (χ0n) is 11.1. The first-order chi connectivity index (χ1) is 8.18. The summed E-state index contributed by atoms with van der Waals surface area (Å²) in [5.41, 5.74) is 0. The molecule has 1 heterocycles.